The van der Waals surface area contributed by atoms with Crippen molar-refractivity contribution in [1.82, 2.24) is 9.55 Å². The van der Waals surface area contributed by atoms with Crippen molar-refractivity contribution in [1.29, 1.82) is 0 Å². The number of aromatic amines is 1. The highest BCUT2D eigenvalue weighted by atomic mass is 32.1. The number of benzene rings is 1. The predicted molar refractivity (Wildman–Crippen MR) is 78.7 cm³/mol. The van der Waals surface area contributed by atoms with Crippen LogP contribution >= 0.6 is 12.2 Å². The van der Waals surface area contributed by atoms with Crippen molar-refractivity contribution in [3.05, 3.63) is 28.3 Å². The van der Waals surface area contributed by atoms with Crippen molar-refractivity contribution in [3.63, 3.8) is 0 Å². The SMILES string of the molecule is Cc1cc2c(cc1F)[nH]c(=S)n2C1C2C3CCC(C3)C21. The Balaban J connectivity index is 1.69. The smallest absolute Gasteiger partial charge is 0.178 e. The van der Waals surface area contributed by atoms with Crippen molar-refractivity contribution in [2.75, 3.05) is 0 Å². The number of nitrogens with one attached hydrogen (secondary N) is 1. The third-order valence-electron chi connectivity index (χ3n) is 5.99. The summed E-state index contributed by atoms with van der Waals surface area (Å²) in [5, 5.41) is 0. The summed E-state index contributed by atoms with van der Waals surface area (Å²) < 4.78 is 16.8. The summed E-state index contributed by atoms with van der Waals surface area (Å²) in [6.45, 7) is 1.83. The monoisotopic (exact) mass is 288 g/mol. The Hall–Kier alpha value is -1.16. The maximum absolute atomic E-state index is 13.7. The van der Waals surface area contributed by atoms with Gasteiger partial charge in [-0.2, -0.15) is 0 Å². The van der Waals surface area contributed by atoms with Crippen LogP contribution in [0.3, 0.4) is 0 Å². The lowest BCUT2D eigenvalue weighted by Crippen LogP contribution is -2.05. The number of H-pyrrole nitrogens is 1. The summed E-state index contributed by atoms with van der Waals surface area (Å²) in [5.41, 5.74) is 2.64. The Labute approximate surface area is 122 Å². The number of fused-ring (bicyclic) bond motifs is 6. The van der Waals surface area contributed by atoms with E-state index in [1.165, 1.54) is 19.3 Å². The Morgan fingerprint density at radius 1 is 1.25 bits per heavy atom. The predicted octanol–water partition coefficient (Wildman–Crippen LogP) is 4.36. The summed E-state index contributed by atoms with van der Waals surface area (Å²) in [7, 11) is 0. The van der Waals surface area contributed by atoms with Gasteiger partial charge in [-0.1, -0.05) is 0 Å². The molecule has 0 aliphatic heterocycles. The number of rotatable bonds is 1. The van der Waals surface area contributed by atoms with Crippen LogP contribution in [-0.2, 0) is 0 Å². The standard InChI is InChI=1S/C16H17FN2S/c1-7-4-12-11(6-10(7)17)18-16(20)19(12)15-13-8-2-3-9(5-8)14(13)15/h4,6,8-9,13-15H,2-3,5H2,1H3,(H,18,20). The maximum Gasteiger partial charge on any atom is 0.178 e. The Morgan fingerprint density at radius 2 is 1.95 bits per heavy atom. The lowest BCUT2D eigenvalue weighted by atomic mass is 10.0. The van der Waals surface area contributed by atoms with Gasteiger partial charge >= 0.3 is 0 Å². The van der Waals surface area contributed by atoms with E-state index in [1.54, 1.807) is 6.07 Å². The number of hydrogen-bond donors (Lipinski definition) is 1. The molecule has 2 aromatic rings. The average molecular weight is 288 g/mol. The van der Waals surface area contributed by atoms with E-state index in [9.17, 15) is 4.39 Å². The molecule has 4 heteroatoms. The molecular weight excluding hydrogens is 271 g/mol. The third-order valence-corrected chi connectivity index (χ3v) is 6.29. The topological polar surface area (TPSA) is 20.7 Å². The highest BCUT2D eigenvalue weighted by Crippen LogP contribution is 2.71. The highest BCUT2D eigenvalue weighted by Gasteiger charge is 2.66. The first-order chi connectivity index (χ1) is 9.65. The van der Waals surface area contributed by atoms with E-state index < -0.39 is 0 Å². The molecule has 104 valence electrons. The first-order valence-electron chi connectivity index (χ1n) is 7.55. The van der Waals surface area contributed by atoms with Gasteiger partial charge in [0.25, 0.3) is 0 Å². The largest absolute Gasteiger partial charge is 0.330 e. The van der Waals surface area contributed by atoms with Gasteiger partial charge in [-0.15, -0.1) is 0 Å². The molecule has 0 amide bonds. The first kappa shape index (κ1) is 11.5. The summed E-state index contributed by atoms with van der Waals surface area (Å²) >= 11 is 5.52. The number of aromatic nitrogens is 2. The second kappa shape index (κ2) is 3.53. The van der Waals surface area contributed by atoms with Crippen LogP contribution in [0.4, 0.5) is 4.39 Å². The van der Waals surface area contributed by atoms with Crippen molar-refractivity contribution in [3.8, 4) is 0 Å². The van der Waals surface area contributed by atoms with E-state index in [0.717, 1.165) is 39.5 Å². The minimum absolute atomic E-state index is 0.156. The van der Waals surface area contributed by atoms with E-state index >= 15 is 0 Å². The molecule has 4 atom stereocenters. The lowest BCUT2D eigenvalue weighted by molar-refractivity contribution is 0.456. The van der Waals surface area contributed by atoms with E-state index in [4.69, 9.17) is 12.2 Å². The van der Waals surface area contributed by atoms with E-state index in [0.29, 0.717) is 11.6 Å². The zero-order chi connectivity index (χ0) is 13.6. The van der Waals surface area contributed by atoms with Gasteiger partial charge in [-0.3, -0.25) is 0 Å². The Morgan fingerprint density at radius 3 is 2.65 bits per heavy atom. The molecule has 0 saturated heterocycles. The minimum atomic E-state index is -0.156. The van der Waals surface area contributed by atoms with Gasteiger partial charge in [0.1, 0.15) is 5.82 Å². The van der Waals surface area contributed by atoms with Crippen molar-refractivity contribution in [2.24, 2.45) is 23.7 Å². The highest BCUT2D eigenvalue weighted by molar-refractivity contribution is 7.71. The Kier molecular flexibility index (Phi) is 2.03. The molecule has 2 bridgehead atoms. The number of halogens is 1. The zero-order valence-electron chi connectivity index (χ0n) is 11.4. The maximum atomic E-state index is 13.7. The molecule has 1 N–H and O–H groups in total. The van der Waals surface area contributed by atoms with Gasteiger partial charge in [0.2, 0.25) is 0 Å². The molecule has 20 heavy (non-hydrogen) atoms. The summed E-state index contributed by atoms with van der Waals surface area (Å²) in [6, 6.07) is 4.11. The molecular formula is C16H17FN2S. The van der Waals surface area contributed by atoms with Crippen LogP contribution in [0.1, 0.15) is 30.9 Å². The summed E-state index contributed by atoms with van der Waals surface area (Å²) in [4.78, 5) is 3.19. The van der Waals surface area contributed by atoms with Crippen LogP contribution in [0.25, 0.3) is 11.0 Å². The summed E-state index contributed by atoms with van der Waals surface area (Å²) in [5.74, 6) is 3.36. The number of imidazole rings is 1. The molecule has 2 nitrogen and oxygen atoms in total. The molecule has 5 rings (SSSR count). The van der Waals surface area contributed by atoms with Crippen LogP contribution in [-0.4, -0.2) is 9.55 Å². The van der Waals surface area contributed by atoms with Crippen LogP contribution in [0.2, 0.25) is 0 Å². The molecule has 1 aromatic heterocycles. The second-order valence-electron chi connectivity index (χ2n) is 6.90. The summed E-state index contributed by atoms with van der Waals surface area (Å²) in [6.07, 6.45) is 4.26. The van der Waals surface area contributed by atoms with Crippen LogP contribution < -0.4 is 0 Å². The van der Waals surface area contributed by atoms with Crippen LogP contribution in [0.5, 0.6) is 0 Å². The molecule has 3 saturated carbocycles. The molecule has 0 spiro atoms. The number of hydrogen-bond acceptors (Lipinski definition) is 1. The second-order valence-corrected chi connectivity index (χ2v) is 7.28. The fourth-order valence-corrected chi connectivity index (χ4v) is 5.50. The molecule has 0 radical (unpaired) electrons. The molecule has 1 heterocycles. The van der Waals surface area contributed by atoms with Crippen molar-refractivity contribution < 1.29 is 4.39 Å². The minimum Gasteiger partial charge on any atom is -0.330 e. The fraction of sp³-hybridized carbons (Fsp3) is 0.562. The van der Waals surface area contributed by atoms with E-state index in [2.05, 4.69) is 9.55 Å². The van der Waals surface area contributed by atoms with Gasteiger partial charge < -0.3 is 9.55 Å². The van der Waals surface area contributed by atoms with Gasteiger partial charge in [-0.05, 0) is 79.8 Å². The average Bonchev–Trinajstić information content (AvgIpc) is 2.73. The first-order valence-corrected chi connectivity index (χ1v) is 7.96. The van der Waals surface area contributed by atoms with Gasteiger partial charge in [0.15, 0.2) is 4.77 Å². The number of aryl methyl sites for hydroxylation is 1. The zero-order valence-corrected chi connectivity index (χ0v) is 12.2. The quantitative estimate of drug-likeness (QED) is 0.773. The molecule has 4 unspecified atom stereocenters. The van der Waals surface area contributed by atoms with Gasteiger partial charge in [-0.25, -0.2) is 4.39 Å². The van der Waals surface area contributed by atoms with Gasteiger partial charge in [0.05, 0.1) is 11.0 Å². The fourth-order valence-electron chi connectivity index (χ4n) is 5.17. The third kappa shape index (κ3) is 1.26. The van der Waals surface area contributed by atoms with E-state index in [1.807, 2.05) is 13.0 Å². The molecule has 3 aliphatic carbocycles. The lowest BCUT2D eigenvalue weighted by Gasteiger charge is -2.11. The Bertz CT molecular complexity index is 774. The van der Waals surface area contributed by atoms with Gasteiger partial charge in [0, 0.05) is 6.04 Å². The van der Waals surface area contributed by atoms with Crippen LogP contribution in [0, 0.1) is 41.2 Å². The molecule has 1 aromatic carbocycles. The number of nitrogens with zero attached hydrogens (tertiary/aromatic N) is 1. The van der Waals surface area contributed by atoms with Crippen LogP contribution in [0.15, 0.2) is 12.1 Å². The van der Waals surface area contributed by atoms with Crippen molar-refractivity contribution in [2.45, 2.75) is 32.2 Å². The molecule has 3 fully saturated rings. The molecule has 3 aliphatic rings. The normalized spacial score (nSPS) is 37.6. The van der Waals surface area contributed by atoms with E-state index in [-0.39, 0.29) is 5.82 Å². The van der Waals surface area contributed by atoms with Crippen molar-refractivity contribution >= 4 is 23.3 Å².